The SMILES string of the molecule is N=NC(=Cc1ccc(-c2ccc(N(c3ccc(-c4ccc(C=C(N=N)N(c5ccccc5)c5ccccc5)cc4)cc3)c3ccc(-c4ccc(C=C(N=N)N(c5ccccc5)c5ccccc5)cc4)cc3)cc2)cc1)N(c1ccccc1)c1ccccc1. The molecule has 0 radical (unpaired) electrons. The van der Waals surface area contributed by atoms with Crippen LogP contribution in [0.2, 0.25) is 0 Å². The number of para-hydroxylation sites is 6. The molecule has 0 amide bonds. The van der Waals surface area contributed by atoms with E-state index in [4.69, 9.17) is 16.6 Å². The number of nitrogens with one attached hydrogen (secondary N) is 3. The van der Waals surface area contributed by atoms with Gasteiger partial charge in [0.15, 0.2) is 17.5 Å². The molecule has 3 N–H and O–H groups in total. The number of hydrogen-bond donors (Lipinski definition) is 3. The van der Waals surface area contributed by atoms with Gasteiger partial charge in [-0.2, -0.15) is 0 Å². The van der Waals surface area contributed by atoms with Gasteiger partial charge in [0.05, 0.1) is 0 Å². The molecule has 0 unspecified atom stereocenters. The second kappa shape index (κ2) is 27.1. The molecule has 0 atom stereocenters. The van der Waals surface area contributed by atoms with Gasteiger partial charge in [-0.25, -0.2) is 16.6 Å². The molecule has 0 aliphatic rings. The van der Waals surface area contributed by atoms with Crippen LogP contribution in [0, 0.1) is 16.6 Å². The fourth-order valence-electron chi connectivity index (χ4n) is 10.8. The van der Waals surface area contributed by atoms with Crippen LogP contribution >= 0.6 is 0 Å². The van der Waals surface area contributed by atoms with Gasteiger partial charge in [0.2, 0.25) is 0 Å². The largest absolute Gasteiger partial charge is 0.311 e. The summed E-state index contributed by atoms with van der Waals surface area (Å²) in [5.74, 6) is 1.49. The molecule has 12 aromatic carbocycles. The molecule has 0 aromatic heterocycles. The molecular weight excluding hydrogens is 1080 g/mol. The maximum absolute atomic E-state index is 8.25. The number of nitrogens with zero attached hydrogens (tertiary/aromatic N) is 7. The summed E-state index contributed by atoms with van der Waals surface area (Å²) >= 11 is 0. The summed E-state index contributed by atoms with van der Waals surface area (Å²) in [4.78, 5) is 8.24. The number of rotatable bonds is 21. The van der Waals surface area contributed by atoms with Crippen molar-refractivity contribution in [3.05, 3.63) is 362 Å². The zero-order valence-corrected chi connectivity index (χ0v) is 48.0. The molecule has 88 heavy (non-hydrogen) atoms. The standard InChI is InChI=1S/C78H60N10/c79-82-76(86(67-19-7-1-8-20-67)68-21-9-2-10-22-68)55-58-31-37-61(38-32-58)64-43-49-73(50-44-64)85(74-51-45-65(46-52-74)62-39-33-59(34-40-62)56-77(83-80)87(69-23-11-3-12-24-69)70-25-13-4-14-26-70)75-53-47-66(48-54-75)63-41-35-60(36-42-63)57-78(84-81)88(71-27-15-5-16-28-71)72-29-17-6-18-30-72/h1-57,79-81H. The Labute approximate surface area is 513 Å². The lowest BCUT2D eigenvalue weighted by Crippen LogP contribution is -2.14. The van der Waals surface area contributed by atoms with E-state index in [0.717, 1.165) is 101 Å². The highest BCUT2D eigenvalue weighted by Crippen LogP contribution is 2.40. The Kier molecular flexibility index (Phi) is 17.3. The minimum atomic E-state index is 0.496. The second-order valence-electron chi connectivity index (χ2n) is 20.7. The van der Waals surface area contributed by atoms with Gasteiger partial charge in [0, 0.05) is 51.2 Å². The average Bonchev–Trinajstić information content (AvgIpc) is 3.67. The normalized spacial score (nSPS) is 11.5. The lowest BCUT2D eigenvalue weighted by atomic mass is 10.0. The molecule has 0 heterocycles. The highest BCUT2D eigenvalue weighted by Gasteiger charge is 2.19. The monoisotopic (exact) mass is 1140 g/mol. The van der Waals surface area contributed by atoms with Crippen LogP contribution in [0.15, 0.2) is 360 Å². The van der Waals surface area contributed by atoms with Crippen molar-refractivity contribution in [1.29, 1.82) is 16.6 Å². The molecule has 0 spiro atoms. The van der Waals surface area contributed by atoms with Crippen LogP contribution in [0.1, 0.15) is 16.7 Å². The Morgan fingerprint density at radius 2 is 0.375 bits per heavy atom. The molecule has 0 aliphatic heterocycles. The van der Waals surface area contributed by atoms with Crippen molar-refractivity contribution in [2.24, 2.45) is 15.3 Å². The molecule has 0 saturated carbocycles. The summed E-state index contributed by atoms with van der Waals surface area (Å²) in [7, 11) is 0. The zero-order chi connectivity index (χ0) is 59.9. The Bertz CT molecular complexity index is 3780. The van der Waals surface area contributed by atoms with Crippen LogP contribution < -0.4 is 19.6 Å². The summed E-state index contributed by atoms with van der Waals surface area (Å²) in [5, 5.41) is 12.0. The van der Waals surface area contributed by atoms with Gasteiger partial charge in [-0.15, -0.1) is 15.3 Å². The van der Waals surface area contributed by atoms with E-state index in [2.05, 4.69) is 166 Å². The Morgan fingerprint density at radius 1 is 0.205 bits per heavy atom. The van der Waals surface area contributed by atoms with Gasteiger partial charge in [0.1, 0.15) is 0 Å². The molecule has 10 heteroatoms. The zero-order valence-electron chi connectivity index (χ0n) is 48.0. The first-order valence-electron chi connectivity index (χ1n) is 28.9. The van der Waals surface area contributed by atoms with Crippen molar-refractivity contribution < 1.29 is 0 Å². The van der Waals surface area contributed by atoms with E-state index in [0.29, 0.717) is 17.5 Å². The number of benzene rings is 12. The first-order valence-corrected chi connectivity index (χ1v) is 28.9. The number of hydrogen-bond acceptors (Lipinski definition) is 10. The van der Waals surface area contributed by atoms with Crippen LogP contribution in [-0.2, 0) is 0 Å². The van der Waals surface area contributed by atoms with Crippen molar-refractivity contribution >= 4 is 69.4 Å². The molecule has 12 rings (SSSR count). The Morgan fingerprint density at radius 3 is 0.545 bits per heavy atom. The quantitative estimate of drug-likeness (QED) is 0.0621. The third-order valence-corrected chi connectivity index (χ3v) is 15.1. The van der Waals surface area contributed by atoms with E-state index in [1.54, 1.807) is 0 Å². The maximum atomic E-state index is 8.25. The summed E-state index contributed by atoms with van der Waals surface area (Å²) < 4.78 is 0. The highest BCUT2D eigenvalue weighted by molar-refractivity contribution is 5.83. The van der Waals surface area contributed by atoms with Crippen molar-refractivity contribution in [2.45, 2.75) is 0 Å². The molecule has 10 nitrogen and oxygen atoms in total. The highest BCUT2D eigenvalue weighted by atomic mass is 15.3. The summed E-state index contributed by atoms with van der Waals surface area (Å²) in [6.07, 6.45) is 5.81. The molecule has 422 valence electrons. The summed E-state index contributed by atoms with van der Waals surface area (Å²) in [6, 6.07) is 111. The molecular formula is C78H60N10. The lowest BCUT2D eigenvalue weighted by molar-refractivity contribution is 1.00. The Hall–Kier alpha value is -12.1. The van der Waals surface area contributed by atoms with Crippen molar-refractivity contribution in [3.63, 3.8) is 0 Å². The summed E-state index contributed by atoms with van der Waals surface area (Å²) in [5.41, 5.74) is 42.4. The Balaban J connectivity index is 0.830. The van der Waals surface area contributed by atoms with E-state index in [9.17, 15) is 0 Å². The van der Waals surface area contributed by atoms with Crippen molar-refractivity contribution in [3.8, 4) is 33.4 Å². The van der Waals surface area contributed by atoms with Crippen LogP contribution in [0.25, 0.3) is 51.6 Å². The van der Waals surface area contributed by atoms with Gasteiger partial charge < -0.3 is 4.90 Å². The van der Waals surface area contributed by atoms with Gasteiger partial charge in [-0.3, -0.25) is 14.7 Å². The molecule has 0 bridgehead atoms. The van der Waals surface area contributed by atoms with Gasteiger partial charge in [0.25, 0.3) is 0 Å². The first-order chi connectivity index (χ1) is 43.5. The van der Waals surface area contributed by atoms with Gasteiger partial charge >= 0.3 is 0 Å². The van der Waals surface area contributed by atoms with Crippen molar-refractivity contribution in [1.82, 2.24) is 0 Å². The van der Waals surface area contributed by atoms with Crippen molar-refractivity contribution in [2.75, 3.05) is 19.6 Å². The van der Waals surface area contributed by atoms with E-state index in [1.165, 1.54) is 0 Å². The predicted octanol–water partition coefficient (Wildman–Crippen LogP) is 22.7. The molecule has 12 aromatic rings. The number of anilines is 9. The summed E-state index contributed by atoms with van der Waals surface area (Å²) in [6.45, 7) is 0. The van der Waals surface area contributed by atoms with Crippen LogP contribution in [0.4, 0.5) is 51.2 Å². The van der Waals surface area contributed by atoms with E-state index < -0.39 is 0 Å². The van der Waals surface area contributed by atoms with Crippen LogP contribution in [-0.4, -0.2) is 0 Å². The van der Waals surface area contributed by atoms with Gasteiger partial charge in [-0.05, 0) is 177 Å². The second-order valence-corrected chi connectivity index (χ2v) is 20.7. The van der Waals surface area contributed by atoms with Gasteiger partial charge in [-0.1, -0.05) is 218 Å². The molecule has 0 fully saturated rings. The third kappa shape index (κ3) is 13.0. The smallest absolute Gasteiger partial charge is 0.160 e. The van der Waals surface area contributed by atoms with E-state index in [-0.39, 0.29) is 0 Å². The first kappa shape index (κ1) is 56.3. The topological polar surface area (TPSA) is 122 Å². The predicted molar refractivity (Wildman–Crippen MR) is 362 cm³/mol. The van der Waals surface area contributed by atoms with E-state index >= 15 is 0 Å². The third-order valence-electron chi connectivity index (χ3n) is 15.1. The maximum Gasteiger partial charge on any atom is 0.160 e. The van der Waals surface area contributed by atoms with E-state index in [1.807, 2.05) is 215 Å². The van der Waals surface area contributed by atoms with Crippen LogP contribution in [0.3, 0.4) is 0 Å². The van der Waals surface area contributed by atoms with Crippen LogP contribution in [0.5, 0.6) is 0 Å². The molecule has 0 aliphatic carbocycles. The lowest BCUT2D eigenvalue weighted by Gasteiger charge is -2.26. The fraction of sp³-hybridized carbons (Fsp3) is 0. The molecule has 0 saturated heterocycles. The fourth-order valence-corrected chi connectivity index (χ4v) is 10.8. The average molecular weight is 1140 g/mol. The minimum Gasteiger partial charge on any atom is -0.311 e. The minimum absolute atomic E-state index is 0.496.